The molecule has 0 N–H and O–H groups in total. The second kappa shape index (κ2) is 5.02. The van der Waals surface area contributed by atoms with Crippen LogP contribution in [0.2, 0.25) is 0 Å². The van der Waals surface area contributed by atoms with Crippen LogP contribution < -0.4 is 0 Å². The van der Waals surface area contributed by atoms with E-state index in [2.05, 4.69) is 18.9 Å². The van der Waals surface area contributed by atoms with Gasteiger partial charge in [0.1, 0.15) is 0 Å². The summed E-state index contributed by atoms with van der Waals surface area (Å²) in [5.41, 5.74) is 1.16. The van der Waals surface area contributed by atoms with Gasteiger partial charge in [0.15, 0.2) is 0 Å². The molecule has 1 heterocycles. The maximum atomic E-state index is 5.35. The Bertz CT molecular complexity index is 245. The van der Waals surface area contributed by atoms with E-state index < -0.39 is 0 Å². The monoisotopic (exact) mass is 182 g/mol. The maximum Gasteiger partial charge on any atom is 0.0884 e. The van der Waals surface area contributed by atoms with Crippen LogP contribution in [-0.4, -0.2) is 16.4 Å². The lowest BCUT2D eigenvalue weighted by Crippen LogP contribution is -2.10. The van der Waals surface area contributed by atoms with Crippen molar-refractivity contribution >= 4 is 0 Å². The van der Waals surface area contributed by atoms with Crippen LogP contribution in [0, 0.1) is 0 Å². The number of hydrogen-bond acceptors (Lipinski definition) is 2. The Morgan fingerprint density at radius 1 is 1.54 bits per heavy atom. The molecule has 13 heavy (non-hydrogen) atoms. The summed E-state index contributed by atoms with van der Waals surface area (Å²) in [4.78, 5) is 0. The minimum atomic E-state index is 0.463. The third-order valence-electron chi connectivity index (χ3n) is 2.21. The Hall–Kier alpha value is -0.830. The molecule has 0 spiro atoms. The zero-order chi connectivity index (χ0) is 9.68. The van der Waals surface area contributed by atoms with Gasteiger partial charge in [0.25, 0.3) is 0 Å². The van der Waals surface area contributed by atoms with Crippen LogP contribution in [0.25, 0.3) is 0 Å². The lowest BCUT2D eigenvalue weighted by molar-refractivity contribution is 0.126. The molecule has 3 heteroatoms. The molecular weight excluding hydrogens is 164 g/mol. The van der Waals surface area contributed by atoms with Gasteiger partial charge in [0.05, 0.1) is 12.3 Å². The Kier molecular flexibility index (Phi) is 3.96. The molecule has 0 saturated heterocycles. The van der Waals surface area contributed by atoms with Crippen LogP contribution >= 0.6 is 0 Å². The minimum Gasteiger partial charge on any atom is -0.375 e. The van der Waals surface area contributed by atoms with E-state index >= 15 is 0 Å². The molecule has 1 aromatic heterocycles. The second-order valence-electron chi connectivity index (χ2n) is 3.16. The van der Waals surface area contributed by atoms with E-state index in [0.717, 1.165) is 18.7 Å². The molecule has 0 radical (unpaired) electrons. The molecule has 1 aromatic rings. The third kappa shape index (κ3) is 2.56. The van der Waals surface area contributed by atoms with E-state index in [0.29, 0.717) is 12.6 Å². The van der Waals surface area contributed by atoms with E-state index in [1.807, 2.05) is 23.9 Å². The lowest BCUT2D eigenvalue weighted by Gasteiger charge is -2.13. The molecule has 1 rings (SSSR count). The molecule has 0 aliphatic rings. The predicted molar refractivity (Wildman–Crippen MR) is 52.6 cm³/mol. The average molecular weight is 182 g/mol. The molecule has 0 saturated carbocycles. The van der Waals surface area contributed by atoms with Crippen molar-refractivity contribution in [1.82, 2.24) is 9.78 Å². The van der Waals surface area contributed by atoms with Crippen molar-refractivity contribution in [3.63, 3.8) is 0 Å². The molecule has 0 amide bonds. The first-order chi connectivity index (χ1) is 6.29. The Morgan fingerprint density at radius 2 is 2.31 bits per heavy atom. The van der Waals surface area contributed by atoms with Crippen LogP contribution in [0.4, 0.5) is 0 Å². The van der Waals surface area contributed by atoms with Gasteiger partial charge >= 0.3 is 0 Å². The van der Waals surface area contributed by atoms with Gasteiger partial charge in [-0.3, -0.25) is 4.68 Å². The van der Waals surface area contributed by atoms with Gasteiger partial charge in [0, 0.05) is 18.8 Å². The van der Waals surface area contributed by atoms with Crippen molar-refractivity contribution in [2.45, 2.75) is 39.8 Å². The number of nitrogens with zero attached hydrogens (tertiary/aromatic N) is 2. The van der Waals surface area contributed by atoms with Gasteiger partial charge in [-0.15, -0.1) is 0 Å². The summed E-state index contributed by atoms with van der Waals surface area (Å²) in [6, 6.07) is 2.48. The van der Waals surface area contributed by atoms with Gasteiger partial charge in [-0.25, -0.2) is 0 Å². The van der Waals surface area contributed by atoms with Gasteiger partial charge in [-0.2, -0.15) is 5.10 Å². The first-order valence-corrected chi connectivity index (χ1v) is 4.89. The molecule has 74 valence electrons. The highest BCUT2D eigenvalue weighted by molar-refractivity contribution is 4.99. The molecule has 0 aliphatic carbocycles. The molecule has 3 nitrogen and oxygen atoms in total. The highest BCUT2D eigenvalue weighted by atomic mass is 16.5. The quantitative estimate of drug-likeness (QED) is 0.699. The van der Waals surface area contributed by atoms with Crippen LogP contribution in [0.1, 0.15) is 38.9 Å². The van der Waals surface area contributed by atoms with Gasteiger partial charge < -0.3 is 4.74 Å². The highest BCUT2D eigenvalue weighted by Gasteiger charge is 2.07. The predicted octanol–water partition coefficient (Wildman–Crippen LogP) is 2.39. The Labute approximate surface area is 79.7 Å². The van der Waals surface area contributed by atoms with E-state index in [4.69, 9.17) is 4.74 Å². The van der Waals surface area contributed by atoms with E-state index in [-0.39, 0.29) is 0 Å². The Morgan fingerprint density at radius 3 is 2.92 bits per heavy atom. The molecular formula is C10H18N2O. The summed E-state index contributed by atoms with van der Waals surface area (Å²) >= 11 is 0. The zero-order valence-electron chi connectivity index (χ0n) is 8.66. The van der Waals surface area contributed by atoms with Crippen molar-refractivity contribution in [2.75, 3.05) is 6.61 Å². The summed E-state index contributed by atoms with van der Waals surface area (Å²) < 4.78 is 7.39. The fourth-order valence-electron chi connectivity index (χ4n) is 1.23. The van der Waals surface area contributed by atoms with Crippen LogP contribution in [0.15, 0.2) is 12.3 Å². The summed E-state index contributed by atoms with van der Waals surface area (Å²) in [7, 11) is 0. The third-order valence-corrected chi connectivity index (χ3v) is 2.21. The molecule has 1 atom stereocenters. The summed E-state index contributed by atoms with van der Waals surface area (Å²) in [5.74, 6) is 0. The molecule has 0 fully saturated rings. The minimum absolute atomic E-state index is 0.463. The first-order valence-electron chi connectivity index (χ1n) is 4.89. The number of rotatable bonds is 5. The average Bonchev–Trinajstić information content (AvgIpc) is 2.61. The van der Waals surface area contributed by atoms with Crippen LogP contribution in [0.3, 0.4) is 0 Å². The van der Waals surface area contributed by atoms with Crippen molar-refractivity contribution in [3.8, 4) is 0 Å². The normalized spacial score (nSPS) is 13.2. The van der Waals surface area contributed by atoms with Crippen LogP contribution in [-0.2, 0) is 11.3 Å². The lowest BCUT2D eigenvalue weighted by atomic mass is 10.2. The van der Waals surface area contributed by atoms with Crippen molar-refractivity contribution in [3.05, 3.63) is 18.0 Å². The fraction of sp³-hybridized carbons (Fsp3) is 0.700. The Balaban J connectivity index is 2.65. The van der Waals surface area contributed by atoms with Crippen molar-refractivity contribution in [1.29, 1.82) is 0 Å². The number of ether oxygens (including phenoxy) is 1. The maximum absolute atomic E-state index is 5.35. The van der Waals surface area contributed by atoms with E-state index in [9.17, 15) is 0 Å². The zero-order valence-corrected chi connectivity index (χ0v) is 8.66. The molecule has 0 aromatic carbocycles. The number of hydrogen-bond donors (Lipinski definition) is 0. The smallest absolute Gasteiger partial charge is 0.0884 e. The molecule has 0 unspecified atom stereocenters. The van der Waals surface area contributed by atoms with Crippen LogP contribution in [0.5, 0.6) is 0 Å². The van der Waals surface area contributed by atoms with Gasteiger partial charge in [-0.05, 0) is 26.3 Å². The number of aromatic nitrogens is 2. The van der Waals surface area contributed by atoms with Gasteiger partial charge in [0.2, 0.25) is 0 Å². The first kappa shape index (κ1) is 10.3. The van der Waals surface area contributed by atoms with E-state index in [1.54, 1.807) is 0 Å². The SMILES string of the molecule is CCOCc1ccnn1[C@H](C)CC. The summed E-state index contributed by atoms with van der Waals surface area (Å²) in [6.07, 6.45) is 2.93. The van der Waals surface area contributed by atoms with E-state index in [1.165, 1.54) is 0 Å². The second-order valence-corrected chi connectivity index (χ2v) is 3.16. The summed E-state index contributed by atoms with van der Waals surface area (Å²) in [6.45, 7) is 7.76. The molecule has 0 bridgehead atoms. The van der Waals surface area contributed by atoms with Crippen molar-refractivity contribution in [2.24, 2.45) is 0 Å². The highest BCUT2D eigenvalue weighted by Crippen LogP contribution is 2.12. The fourth-order valence-corrected chi connectivity index (χ4v) is 1.23. The summed E-state index contributed by atoms with van der Waals surface area (Å²) in [5, 5.41) is 4.28. The largest absolute Gasteiger partial charge is 0.375 e. The van der Waals surface area contributed by atoms with Gasteiger partial charge in [-0.1, -0.05) is 6.92 Å². The standard InChI is InChI=1S/C10H18N2O/c1-4-9(3)12-10(6-7-11-12)8-13-5-2/h6-7,9H,4-5,8H2,1-3H3/t9-/m1/s1. The van der Waals surface area contributed by atoms with Crippen molar-refractivity contribution < 1.29 is 4.74 Å². The topological polar surface area (TPSA) is 27.1 Å². The molecule has 0 aliphatic heterocycles.